The largest absolute Gasteiger partial charge is 0.340 e. The maximum Gasteiger partial charge on any atom is 0.258 e. The second-order valence-electron chi connectivity index (χ2n) is 6.80. The summed E-state index contributed by atoms with van der Waals surface area (Å²) >= 11 is 0. The Kier molecular flexibility index (Phi) is 4.52. The van der Waals surface area contributed by atoms with Gasteiger partial charge in [0.1, 0.15) is 5.65 Å². The number of pyridine rings is 1. The quantitative estimate of drug-likeness (QED) is 0.692. The molecule has 4 heterocycles. The van der Waals surface area contributed by atoms with E-state index in [0.717, 1.165) is 43.3 Å². The minimum absolute atomic E-state index is 0.0280. The van der Waals surface area contributed by atoms with Crippen molar-refractivity contribution in [1.29, 1.82) is 0 Å². The second kappa shape index (κ2) is 6.97. The highest BCUT2D eigenvalue weighted by Gasteiger charge is 2.19. The lowest BCUT2D eigenvalue weighted by atomic mass is 10.2. The molecule has 0 radical (unpaired) electrons. The normalized spacial score (nSPS) is 16.4. The molecule has 0 bridgehead atoms. The van der Waals surface area contributed by atoms with Crippen LogP contribution in [0.15, 0.2) is 33.7 Å². The molecule has 0 amide bonds. The zero-order valence-corrected chi connectivity index (χ0v) is 15.1. The Morgan fingerprint density at radius 2 is 1.77 bits per heavy atom. The van der Waals surface area contributed by atoms with E-state index in [4.69, 9.17) is 4.52 Å². The van der Waals surface area contributed by atoms with Crippen molar-refractivity contribution in [1.82, 2.24) is 29.3 Å². The van der Waals surface area contributed by atoms with E-state index in [9.17, 15) is 4.79 Å². The zero-order chi connectivity index (χ0) is 18.1. The number of aromatic nitrogens is 4. The molecule has 1 saturated heterocycles. The molecular weight excluding hydrogens is 332 g/mol. The summed E-state index contributed by atoms with van der Waals surface area (Å²) in [5, 5.41) is 3.95. The van der Waals surface area contributed by atoms with Crippen molar-refractivity contribution in [3.05, 3.63) is 57.7 Å². The van der Waals surface area contributed by atoms with Crippen LogP contribution in [0, 0.1) is 13.8 Å². The number of hydrogen-bond acceptors (Lipinski definition) is 7. The molecule has 3 aromatic rings. The number of fused-ring (bicyclic) bond motifs is 1. The molecular formula is C18H22N6O2. The van der Waals surface area contributed by atoms with E-state index in [1.165, 1.54) is 0 Å². The molecule has 1 fully saturated rings. The van der Waals surface area contributed by atoms with Crippen molar-refractivity contribution < 1.29 is 4.52 Å². The van der Waals surface area contributed by atoms with Crippen molar-refractivity contribution in [3.63, 3.8) is 0 Å². The molecule has 0 atom stereocenters. The van der Waals surface area contributed by atoms with Crippen molar-refractivity contribution in [2.45, 2.75) is 26.9 Å². The van der Waals surface area contributed by atoms with Gasteiger partial charge in [-0.3, -0.25) is 19.0 Å². The van der Waals surface area contributed by atoms with Crippen molar-refractivity contribution in [2.75, 3.05) is 26.2 Å². The Bertz CT molecular complexity index is 971. The van der Waals surface area contributed by atoms with Crippen LogP contribution in [0.3, 0.4) is 0 Å². The molecule has 1 aliphatic heterocycles. The molecule has 4 rings (SSSR count). The molecule has 26 heavy (non-hydrogen) atoms. The summed E-state index contributed by atoms with van der Waals surface area (Å²) in [5.41, 5.74) is 2.53. The van der Waals surface area contributed by atoms with E-state index < -0.39 is 0 Å². The van der Waals surface area contributed by atoms with Crippen LogP contribution in [0.4, 0.5) is 0 Å². The predicted molar refractivity (Wildman–Crippen MR) is 95.8 cm³/mol. The first-order valence-corrected chi connectivity index (χ1v) is 8.80. The number of nitrogens with zero attached hydrogens (tertiary/aromatic N) is 6. The van der Waals surface area contributed by atoms with E-state index >= 15 is 0 Å². The predicted octanol–water partition coefficient (Wildman–Crippen LogP) is 1.01. The van der Waals surface area contributed by atoms with Crippen LogP contribution in [0.5, 0.6) is 0 Å². The topological polar surface area (TPSA) is 79.8 Å². The Morgan fingerprint density at radius 3 is 2.46 bits per heavy atom. The zero-order valence-electron chi connectivity index (χ0n) is 15.1. The Hall–Kier alpha value is -2.58. The number of aryl methyl sites for hydroxylation is 2. The SMILES string of the molecule is Cc1ccc2nc(CN3CCN(Cc4noc(C)n4)CC3)cc(=O)n2c1. The van der Waals surface area contributed by atoms with Gasteiger partial charge in [-0.25, -0.2) is 4.98 Å². The maximum atomic E-state index is 12.3. The molecule has 8 heteroatoms. The third kappa shape index (κ3) is 3.66. The van der Waals surface area contributed by atoms with Crippen molar-refractivity contribution in [3.8, 4) is 0 Å². The van der Waals surface area contributed by atoms with E-state index in [2.05, 4.69) is 24.9 Å². The Labute approximate surface area is 151 Å². The summed E-state index contributed by atoms with van der Waals surface area (Å²) in [5.74, 6) is 1.33. The average Bonchev–Trinajstić information content (AvgIpc) is 3.02. The summed E-state index contributed by atoms with van der Waals surface area (Å²) in [6.07, 6.45) is 1.83. The molecule has 0 N–H and O–H groups in total. The molecule has 0 aliphatic carbocycles. The Balaban J connectivity index is 1.39. The van der Waals surface area contributed by atoms with Crippen LogP contribution >= 0.6 is 0 Å². The molecule has 0 spiro atoms. The standard InChI is InChI=1S/C18H22N6O2/c1-13-3-4-17-20-15(9-18(25)24(17)10-13)11-22-5-7-23(8-6-22)12-16-19-14(2)26-21-16/h3-4,9-10H,5-8,11-12H2,1-2H3. The highest BCUT2D eigenvalue weighted by atomic mass is 16.5. The fourth-order valence-corrected chi connectivity index (χ4v) is 3.28. The minimum Gasteiger partial charge on any atom is -0.340 e. The van der Waals surface area contributed by atoms with Gasteiger partial charge in [0, 0.05) is 51.9 Å². The van der Waals surface area contributed by atoms with E-state index in [1.807, 2.05) is 25.3 Å². The summed E-state index contributed by atoms with van der Waals surface area (Å²) in [6.45, 7) is 8.87. The Morgan fingerprint density at radius 1 is 1.04 bits per heavy atom. The number of hydrogen-bond donors (Lipinski definition) is 0. The number of rotatable bonds is 4. The summed E-state index contributed by atoms with van der Waals surface area (Å²) in [4.78, 5) is 25.9. The van der Waals surface area contributed by atoms with E-state index in [0.29, 0.717) is 24.6 Å². The highest BCUT2D eigenvalue weighted by Crippen LogP contribution is 2.10. The molecule has 0 aromatic carbocycles. The first kappa shape index (κ1) is 16.9. The average molecular weight is 354 g/mol. The highest BCUT2D eigenvalue weighted by molar-refractivity contribution is 5.39. The number of piperazine rings is 1. The third-order valence-electron chi connectivity index (χ3n) is 4.65. The fraction of sp³-hybridized carbons (Fsp3) is 0.444. The van der Waals surface area contributed by atoms with Crippen LogP contribution in [0.2, 0.25) is 0 Å². The first-order valence-electron chi connectivity index (χ1n) is 8.80. The van der Waals surface area contributed by atoms with Gasteiger partial charge in [-0.05, 0) is 18.6 Å². The van der Waals surface area contributed by atoms with Crippen molar-refractivity contribution in [2.24, 2.45) is 0 Å². The molecule has 0 unspecified atom stereocenters. The van der Waals surface area contributed by atoms with Gasteiger partial charge in [-0.2, -0.15) is 4.98 Å². The summed E-state index contributed by atoms with van der Waals surface area (Å²) in [6, 6.07) is 5.51. The summed E-state index contributed by atoms with van der Waals surface area (Å²) < 4.78 is 6.62. The lowest BCUT2D eigenvalue weighted by Crippen LogP contribution is -2.45. The lowest BCUT2D eigenvalue weighted by molar-refractivity contribution is 0.118. The molecule has 8 nitrogen and oxygen atoms in total. The molecule has 0 saturated carbocycles. The van der Waals surface area contributed by atoms with Gasteiger partial charge in [0.15, 0.2) is 5.82 Å². The minimum atomic E-state index is -0.0280. The van der Waals surface area contributed by atoms with Crippen molar-refractivity contribution >= 4 is 5.65 Å². The van der Waals surface area contributed by atoms with Crippen LogP contribution in [0.25, 0.3) is 5.65 Å². The van der Waals surface area contributed by atoms with Gasteiger partial charge in [0.05, 0.1) is 12.2 Å². The van der Waals surface area contributed by atoms with Gasteiger partial charge in [-0.15, -0.1) is 0 Å². The fourth-order valence-electron chi connectivity index (χ4n) is 3.28. The lowest BCUT2D eigenvalue weighted by Gasteiger charge is -2.33. The van der Waals surface area contributed by atoms with Gasteiger partial charge in [-0.1, -0.05) is 11.2 Å². The molecule has 136 valence electrons. The second-order valence-corrected chi connectivity index (χ2v) is 6.80. The monoisotopic (exact) mass is 354 g/mol. The van der Waals surface area contributed by atoms with Crippen LogP contribution in [-0.2, 0) is 13.1 Å². The molecule has 1 aliphatic rings. The van der Waals surface area contributed by atoms with Gasteiger partial charge < -0.3 is 4.52 Å². The summed E-state index contributed by atoms with van der Waals surface area (Å²) in [7, 11) is 0. The van der Waals surface area contributed by atoms with E-state index in [1.54, 1.807) is 17.4 Å². The van der Waals surface area contributed by atoms with Gasteiger partial charge in [0.2, 0.25) is 5.89 Å². The molecule has 3 aromatic heterocycles. The van der Waals surface area contributed by atoms with E-state index in [-0.39, 0.29) is 5.56 Å². The van der Waals surface area contributed by atoms with Gasteiger partial charge in [0.25, 0.3) is 5.56 Å². The smallest absolute Gasteiger partial charge is 0.258 e. The van der Waals surface area contributed by atoms with Crippen LogP contribution in [-0.4, -0.2) is 55.5 Å². The van der Waals surface area contributed by atoms with Crippen LogP contribution < -0.4 is 5.56 Å². The first-order chi connectivity index (χ1) is 12.6. The maximum absolute atomic E-state index is 12.3. The third-order valence-corrected chi connectivity index (χ3v) is 4.65. The van der Waals surface area contributed by atoms with Gasteiger partial charge >= 0.3 is 0 Å². The van der Waals surface area contributed by atoms with Crippen LogP contribution in [0.1, 0.15) is 23.0 Å².